The molecule has 0 aliphatic carbocycles. The number of esters is 1. The summed E-state index contributed by atoms with van der Waals surface area (Å²) >= 11 is 0. The van der Waals surface area contributed by atoms with Crippen molar-refractivity contribution in [2.75, 3.05) is 13.7 Å². The Morgan fingerprint density at radius 1 is 1.35 bits per heavy atom. The molecule has 1 atom stereocenters. The maximum Gasteiger partial charge on any atom is 0.354 e. The summed E-state index contributed by atoms with van der Waals surface area (Å²) in [6.07, 6.45) is 1.10. The van der Waals surface area contributed by atoms with Crippen molar-refractivity contribution < 1.29 is 14.3 Å². The molecule has 0 spiro atoms. The van der Waals surface area contributed by atoms with Gasteiger partial charge in [0.15, 0.2) is 0 Å². The van der Waals surface area contributed by atoms with E-state index in [-0.39, 0.29) is 24.5 Å². The minimum Gasteiger partial charge on any atom is -0.488 e. The number of nitrogens with one attached hydrogen (secondary N) is 1. The van der Waals surface area contributed by atoms with Gasteiger partial charge in [0.05, 0.1) is 7.11 Å². The summed E-state index contributed by atoms with van der Waals surface area (Å²) in [6.45, 7) is 1.46. The lowest BCUT2D eigenvalue weighted by Crippen LogP contribution is -2.30. The lowest BCUT2D eigenvalue weighted by atomic mass is 10.1. The lowest BCUT2D eigenvalue weighted by Gasteiger charge is -2.12. The smallest absolute Gasteiger partial charge is 0.354 e. The third-order valence-electron chi connectivity index (χ3n) is 4.01. The predicted molar refractivity (Wildman–Crippen MR) is 90.3 cm³/mol. The van der Waals surface area contributed by atoms with Crippen molar-refractivity contribution in [2.45, 2.75) is 19.1 Å². The highest BCUT2D eigenvalue weighted by Crippen LogP contribution is 2.27. The summed E-state index contributed by atoms with van der Waals surface area (Å²) in [5.74, 6) is 0.671. The Labute approximate surface area is 142 Å². The molecule has 2 aromatic rings. The summed E-state index contributed by atoms with van der Waals surface area (Å²) in [6, 6.07) is 11.9. The number of carbonyl (C=O) groups is 1. The quantitative estimate of drug-likeness (QED) is 0.851. The molecule has 2 heterocycles. The molecule has 1 unspecified atom stereocenters. The van der Waals surface area contributed by atoms with Crippen LogP contribution >= 0.6 is 12.4 Å². The molecule has 1 aromatic heterocycles. The fourth-order valence-electron chi connectivity index (χ4n) is 2.77. The zero-order valence-corrected chi connectivity index (χ0v) is 14.1. The van der Waals surface area contributed by atoms with E-state index in [0.29, 0.717) is 12.2 Å². The van der Waals surface area contributed by atoms with Crippen LogP contribution in [-0.4, -0.2) is 30.3 Å². The second kappa shape index (κ2) is 7.53. The molecule has 3 rings (SSSR count). The first-order valence-electron chi connectivity index (χ1n) is 7.37. The molecule has 0 radical (unpaired) electrons. The summed E-state index contributed by atoms with van der Waals surface area (Å²) < 4.78 is 12.5. The number of rotatable bonds is 5. The van der Waals surface area contributed by atoms with E-state index < -0.39 is 0 Å². The number of aromatic nitrogens is 1. The Hall–Kier alpha value is -1.98. The van der Waals surface area contributed by atoms with Crippen LogP contribution in [0.3, 0.4) is 0 Å². The van der Waals surface area contributed by atoms with Crippen LogP contribution in [0.2, 0.25) is 0 Å². The molecule has 0 saturated carbocycles. The van der Waals surface area contributed by atoms with Crippen LogP contribution in [0.15, 0.2) is 36.4 Å². The van der Waals surface area contributed by atoms with Gasteiger partial charge in [-0.1, -0.05) is 18.2 Å². The molecule has 0 saturated heterocycles. The van der Waals surface area contributed by atoms with Crippen LogP contribution in [0, 0.1) is 0 Å². The fourth-order valence-corrected chi connectivity index (χ4v) is 2.77. The number of hydrogen-bond donors (Lipinski definition) is 1. The van der Waals surface area contributed by atoms with E-state index >= 15 is 0 Å². The van der Waals surface area contributed by atoms with Crippen molar-refractivity contribution >= 4 is 18.4 Å². The van der Waals surface area contributed by atoms with Gasteiger partial charge < -0.3 is 19.4 Å². The number of benzene rings is 1. The van der Waals surface area contributed by atoms with Gasteiger partial charge in [0, 0.05) is 32.3 Å². The summed E-state index contributed by atoms with van der Waals surface area (Å²) in [7, 11) is 3.26. The molecule has 0 amide bonds. The number of methoxy groups -OCH3 is 1. The van der Waals surface area contributed by atoms with E-state index in [9.17, 15) is 4.79 Å². The van der Waals surface area contributed by atoms with Crippen LogP contribution < -0.4 is 10.1 Å². The van der Waals surface area contributed by atoms with Gasteiger partial charge in [-0.2, -0.15) is 0 Å². The average molecular weight is 337 g/mol. The van der Waals surface area contributed by atoms with Crippen molar-refractivity contribution in [3.8, 4) is 5.75 Å². The minimum absolute atomic E-state index is 0. The first-order chi connectivity index (χ1) is 10.7. The lowest BCUT2D eigenvalue weighted by molar-refractivity contribution is 0.0589. The van der Waals surface area contributed by atoms with Crippen LogP contribution in [0.1, 0.15) is 21.7 Å². The maximum absolute atomic E-state index is 11.6. The van der Waals surface area contributed by atoms with Crippen LogP contribution in [0.25, 0.3) is 0 Å². The normalized spacial score (nSPS) is 15.5. The Bertz CT molecular complexity index is 659. The van der Waals surface area contributed by atoms with E-state index in [0.717, 1.165) is 24.4 Å². The molecule has 1 aromatic carbocycles. The highest BCUT2D eigenvalue weighted by Gasteiger charge is 2.21. The maximum atomic E-state index is 11.6. The average Bonchev–Trinajstić information content (AvgIpc) is 3.10. The zero-order valence-electron chi connectivity index (χ0n) is 13.2. The van der Waals surface area contributed by atoms with Crippen molar-refractivity contribution in [1.82, 2.24) is 9.88 Å². The van der Waals surface area contributed by atoms with Gasteiger partial charge in [0.1, 0.15) is 17.5 Å². The minimum atomic E-state index is -0.316. The molecule has 1 N–H and O–H groups in total. The van der Waals surface area contributed by atoms with Crippen LogP contribution in [-0.2, 0) is 24.8 Å². The monoisotopic (exact) mass is 336 g/mol. The van der Waals surface area contributed by atoms with Gasteiger partial charge >= 0.3 is 5.97 Å². The Kier molecular flexibility index (Phi) is 5.69. The Balaban J connectivity index is 0.00000192. The molecule has 0 bridgehead atoms. The molecule has 5 nitrogen and oxygen atoms in total. The van der Waals surface area contributed by atoms with Crippen LogP contribution in [0.5, 0.6) is 5.75 Å². The third-order valence-corrected chi connectivity index (χ3v) is 4.01. The Morgan fingerprint density at radius 3 is 2.87 bits per heavy atom. The molecule has 1 aliphatic rings. The molecule has 23 heavy (non-hydrogen) atoms. The van der Waals surface area contributed by atoms with Gasteiger partial charge in [-0.15, -0.1) is 12.4 Å². The van der Waals surface area contributed by atoms with Crippen molar-refractivity contribution in [2.24, 2.45) is 7.05 Å². The third kappa shape index (κ3) is 3.68. The first-order valence-corrected chi connectivity index (χ1v) is 7.37. The summed E-state index contributed by atoms with van der Waals surface area (Å²) in [5, 5.41) is 3.39. The van der Waals surface area contributed by atoms with Crippen molar-refractivity contribution in [3.05, 3.63) is 53.3 Å². The van der Waals surface area contributed by atoms with Gasteiger partial charge in [0.25, 0.3) is 0 Å². The number of fused-ring (bicyclic) bond motifs is 1. The molecule has 1 aliphatic heterocycles. The Morgan fingerprint density at radius 2 is 2.13 bits per heavy atom. The number of ether oxygens (including phenoxy) is 2. The highest BCUT2D eigenvalue weighted by molar-refractivity contribution is 5.87. The van der Waals surface area contributed by atoms with Gasteiger partial charge in [0.2, 0.25) is 0 Å². The number of halogens is 1. The molecular weight excluding hydrogens is 316 g/mol. The van der Waals surface area contributed by atoms with Crippen LogP contribution in [0.4, 0.5) is 0 Å². The summed E-state index contributed by atoms with van der Waals surface area (Å²) in [5.41, 5.74) is 2.86. The highest BCUT2D eigenvalue weighted by atomic mass is 35.5. The number of para-hydroxylation sites is 1. The second-order valence-electron chi connectivity index (χ2n) is 5.44. The van der Waals surface area contributed by atoms with E-state index in [1.54, 1.807) is 6.07 Å². The standard InChI is InChI=1S/C17H20N2O3.ClH/c1-19-13(7-8-15(19)17(20)21-2)10-18-11-14-9-12-5-3-4-6-16(12)22-14;/h3-8,14,18H,9-11H2,1-2H3;1H. The largest absolute Gasteiger partial charge is 0.488 e. The number of carbonyl (C=O) groups excluding carboxylic acids is 1. The van der Waals surface area contributed by atoms with E-state index in [2.05, 4.69) is 11.4 Å². The molecule has 124 valence electrons. The molecule has 6 heteroatoms. The fraction of sp³-hybridized carbons (Fsp3) is 0.353. The molecule has 0 fully saturated rings. The first kappa shape index (κ1) is 17.4. The second-order valence-corrected chi connectivity index (χ2v) is 5.44. The SMILES string of the molecule is COC(=O)c1ccc(CNCC2Cc3ccccc3O2)n1C.Cl. The van der Waals surface area contributed by atoms with Gasteiger partial charge in [-0.25, -0.2) is 4.79 Å². The van der Waals surface area contributed by atoms with E-state index in [1.165, 1.54) is 12.7 Å². The van der Waals surface area contributed by atoms with E-state index in [4.69, 9.17) is 9.47 Å². The zero-order chi connectivity index (χ0) is 15.5. The summed E-state index contributed by atoms with van der Waals surface area (Å²) in [4.78, 5) is 11.6. The van der Waals surface area contributed by atoms with Gasteiger partial charge in [-0.3, -0.25) is 0 Å². The molecular formula is C17H21ClN2O3. The van der Waals surface area contributed by atoms with Gasteiger partial charge in [-0.05, 0) is 23.8 Å². The van der Waals surface area contributed by atoms with Crippen molar-refractivity contribution in [3.63, 3.8) is 0 Å². The predicted octanol–water partition coefficient (Wildman–Crippen LogP) is 2.33. The number of hydrogen-bond acceptors (Lipinski definition) is 4. The number of nitrogens with zero attached hydrogens (tertiary/aromatic N) is 1. The topological polar surface area (TPSA) is 52.5 Å². The van der Waals surface area contributed by atoms with Crippen molar-refractivity contribution in [1.29, 1.82) is 0 Å². The van der Waals surface area contributed by atoms with E-state index in [1.807, 2.05) is 35.9 Å².